The van der Waals surface area contributed by atoms with Crippen molar-refractivity contribution in [2.24, 2.45) is 17.6 Å². The standard InChI is InChI=1S/C16H26N2O2.ClH/c1-11(2)10-20-15-7-5-6-14(8-15)9-18-16(19)12(3)13(4)17;/h5-8,11-13H,9-10,17H2,1-4H3,(H,18,19);1H. The topological polar surface area (TPSA) is 64.3 Å². The van der Waals surface area contributed by atoms with E-state index in [0.717, 1.165) is 11.3 Å². The van der Waals surface area contributed by atoms with Gasteiger partial charge in [0.25, 0.3) is 0 Å². The minimum atomic E-state index is -0.185. The van der Waals surface area contributed by atoms with E-state index in [1.54, 1.807) is 0 Å². The maximum atomic E-state index is 11.8. The zero-order chi connectivity index (χ0) is 15.1. The van der Waals surface area contributed by atoms with Gasteiger partial charge in [0.2, 0.25) is 5.91 Å². The predicted octanol–water partition coefficient (Wildman–Crippen LogP) is 2.74. The first-order valence-corrected chi connectivity index (χ1v) is 7.15. The van der Waals surface area contributed by atoms with Crippen LogP contribution in [0.3, 0.4) is 0 Å². The van der Waals surface area contributed by atoms with Crippen molar-refractivity contribution >= 4 is 18.3 Å². The molecule has 1 aromatic rings. The second kappa shape index (κ2) is 9.64. The van der Waals surface area contributed by atoms with Crippen molar-refractivity contribution in [1.82, 2.24) is 5.32 Å². The molecule has 120 valence electrons. The van der Waals surface area contributed by atoms with Gasteiger partial charge in [-0.05, 0) is 30.5 Å². The Balaban J connectivity index is 0.00000400. The lowest BCUT2D eigenvalue weighted by Gasteiger charge is -2.15. The van der Waals surface area contributed by atoms with Gasteiger partial charge in [0.15, 0.2) is 0 Å². The largest absolute Gasteiger partial charge is 0.493 e. The Kier molecular flexibility index (Phi) is 9.06. The van der Waals surface area contributed by atoms with Crippen molar-refractivity contribution in [2.75, 3.05) is 6.61 Å². The van der Waals surface area contributed by atoms with E-state index < -0.39 is 0 Å². The molecule has 1 rings (SSSR count). The van der Waals surface area contributed by atoms with Gasteiger partial charge in [-0.3, -0.25) is 4.79 Å². The van der Waals surface area contributed by atoms with Crippen LogP contribution in [0.4, 0.5) is 0 Å². The number of nitrogens with one attached hydrogen (secondary N) is 1. The molecule has 0 bridgehead atoms. The highest BCUT2D eigenvalue weighted by atomic mass is 35.5. The highest BCUT2D eigenvalue weighted by Gasteiger charge is 2.16. The summed E-state index contributed by atoms with van der Waals surface area (Å²) in [5, 5.41) is 2.90. The van der Waals surface area contributed by atoms with Crippen molar-refractivity contribution in [1.29, 1.82) is 0 Å². The van der Waals surface area contributed by atoms with Gasteiger partial charge in [0.1, 0.15) is 5.75 Å². The van der Waals surface area contributed by atoms with E-state index in [1.165, 1.54) is 0 Å². The lowest BCUT2D eigenvalue weighted by atomic mass is 10.0. The van der Waals surface area contributed by atoms with Gasteiger partial charge in [0, 0.05) is 18.5 Å². The Morgan fingerprint density at radius 2 is 1.95 bits per heavy atom. The number of hydrogen-bond donors (Lipinski definition) is 2. The monoisotopic (exact) mass is 314 g/mol. The van der Waals surface area contributed by atoms with E-state index in [1.807, 2.05) is 38.1 Å². The molecule has 0 saturated carbocycles. The molecule has 0 aliphatic carbocycles. The van der Waals surface area contributed by atoms with Gasteiger partial charge in [-0.1, -0.05) is 32.9 Å². The number of nitrogens with two attached hydrogens (primary N) is 1. The fraction of sp³-hybridized carbons (Fsp3) is 0.562. The lowest BCUT2D eigenvalue weighted by Crippen LogP contribution is -2.38. The molecule has 21 heavy (non-hydrogen) atoms. The average Bonchev–Trinajstić information content (AvgIpc) is 2.42. The van der Waals surface area contributed by atoms with Crippen LogP contribution in [0.5, 0.6) is 5.75 Å². The SMILES string of the molecule is CC(C)COc1cccc(CNC(=O)C(C)C(C)N)c1.Cl. The van der Waals surface area contributed by atoms with Crippen LogP contribution < -0.4 is 15.8 Å². The van der Waals surface area contributed by atoms with Gasteiger partial charge in [0.05, 0.1) is 6.61 Å². The van der Waals surface area contributed by atoms with Gasteiger partial charge in [-0.2, -0.15) is 0 Å². The molecule has 0 saturated heterocycles. The molecule has 1 amide bonds. The smallest absolute Gasteiger partial charge is 0.224 e. The van der Waals surface area contributed by atoms with Crippen molar-refractivity contribution in [3.8, 4) is 5.75 Å². The molecule has 0 aliphatic heterocycles. The number of hydrogen-bond acceptors (Lipinski definition) is 3. The minimum absolute atomic E-state index is 0. The molecule has 1 aromatic carbocycles. The van der Waals surface area contributed by atoms with E-state index in [0.29, 0.717) is 19.1 Å². The molecule has 5 heteroatoms. The van der Waals surface area contributed by atoms with Crippen molar-refractivity contribution in [3.63, 3.8) is 0 Å². The van der Waals surface area contributed by atoms with Crippen LogP contribution in [-0.4, -0.2) is 18.6 Å². The Bertz CT molecular complexity index is 436. The number of rotatable bonds is 7. The number of carbonyl (C=O) groups excluding carboxylic acids is 1. The first kappa shape index (κ1) is 19.7. The van der Waals surface area contributed by atoms with Crippen LogP contribution in [0.2, 0.25) is 0 Å². The quantitative estimate of drug-likeness (QED) is 0.813. The summed E-state index contributed by atoms with van der Waals surface area (Å²) < 4.78 is 5.67. The zero-order valence-electron chi connectivity index (χ0n) is 13.3. The number of amides is 1. The summed E-state index contributed by atoms with van der Waals surface area (Å²) in [6.45, 7) is 9.08. The molecule has 4 nitrogen and oxygen atoms in total. The Morgan fingerprint density at radius 1 is 1.29 bits per heavy atom. The second-order valence-electron chi connectivity index (χ2n) is 5.72. The molecule has 0 spiro atoms. The molecular formula is C16H27ClN2O2. The highest BCUT2D eigenvalue weighted by Crippen LogP contribution is 2.14. The van der Waals surface area contributed by atoms with Gasteiger partial charge < -0.3 is 15.8 Å². The molecule has 0 fully saturated rings. The number of carbonyl (C=O) groups is 1. The van der Waals surface area contributed by atoms with E-state index >= 15 is 0 Å². The second-order valence-corrected chi connectivity index (χ2v) is 5.72. The first-order valence-electron chi connectivity index (χ1n) is 7.15. The van der Waals surface area contributed by atoms with Gasteiger partial charge >= 0.3 is 0 Å². The zero-order valence-corrected chi connectivity index (χ0v) is 14.1. The van der Waals surface area contributed by atoms with E-state index in [4.69, 9.17) is 10.5 Å². The number of ether oxygens (including phenoxy) is 1. The fourth-order valence-electron chi connectivity index (χ4n) is 1.60. The van der Waals surface area contributed by atoms with Crippen LogP contribution in [0.15, 0.2) is 24.3 Å². The van der Waals surface area contributed by atoms with E-state index in [2.05, 4.69) is 19.2 Å². The molecule has 0 aliphatic rings. The number of halogens is 1. The average molecular weight is 315 g/mol. The first-order chi connectivity index (χ1) is 9.40. The summed E-state index contributed by atoms with van der Waals surface area (Å²) in [7, 11) is 0. The van der Waals surface area contributed by atoms with Crippen molar-refractivity contribution < 1.29 is 9.53 Å². The summed E-state index contributed by atoms with van der Waals surface area (Å²) in [5.74, 6) is 1.12. The molecule has 0 radical (unpaired) electrons. The molecule has 2 unspecified atom stereocenters. The fourth-order valence-corrected chi connectivity index (χ4v) is 1.60. The summed E-state index contributed by atoms with van der Waals surface area (Å²) in [5.41, 5.74) is 6.74. The summed E-state index contributed by atoms with van der Waals surface area (Å²) in [6, 6.07) is 7.65. The number of benzene rings is 1. The van der Waals surface area contributed by atoms with Crippen molar-refractivity contribution in [3.05, 3.63) is 29.8 Å². The Labute approximate surface area is 133 Å². The van der Waals surface area contributed by atoms with Gasteiger partial charge in [-0.15, -0.1) is 12.4 Å². The maximum absolute atomic E-state index is 11.8. The highest BCUT2D eigenvalue weighted by molar-refractivity contribution is 5.85. The third kappa shape index (κ3) is 7.34. The third-order valence-electron chi connectivity index (χ3n) is 3.15. The molecule has 2 atom stereocenters. The summed E-state index contributed by atoms with van der Waals surface area (Å²) in [6.07, 6.45) is 0. The van der Waals surface area contributed by atoms with Crippen molar-refractivity contribution in [2.45, 2.75) is 40.3 Å². The predicted molar refractivity (Wildman–Crippen MR) is 88.7 cm³/mol. The molecular weight excluding hydrogens is 288 g/mol. The van der Waals surface area contributed by atoms with E-state index in [9.17, 15) is 4.79 Å². The summed E-state index contributed by atoms with van der Waals surface area (Å²) >= 11 is 0. The lowest BCUT2D eigenvalue weighted by molar-refractivity contribution is -0.125. The van der Waals surface area contributed by atoms with Crippen LogP contribution >= 0.6 is 12.4 Å². The summed E-state index contributed by atoms with van der Waals surface area (Å²) in [4.78, 5) is 11.8. The normalized spacial score (nSPS) is 13.2. The Hall–Kier alpha value is -1.26. The van der Waals surface area contributed by atoms with Crippen LogP contribution in [-0.2, 0) is 11.3 Å². The third-order valence-corrected chi connectivity index (χ3v) is 3.15. The molecule has 0 heterocycles. The molecule has 0 aromatic heterocycles. The Morgan fingerprint density at radius 3 is 2.52 bits per heavy atom. The van der Waals surface area contributed by atoms with Gasteiger partial charge in [-0.25, -0.2) is 0 Å². The van der Waals surface area contributed by atoms with Crippen LogP contribution in [0.25, 0.3) is 0 Å². The maximum Gasteiger partial charge on any atom is 0.224 e. The minimum Gasteiger partial charge on any atom is -0.493 e. The van der Waals surface area contributed by atoms with Crippen LogP contribution in [0, 0.1) is 11.8 Å². The van der Waals surface area contributed by atoms with Crippen LogP contribution in [0.1, 0.15) is 33.3 Å². The molecule has 3 N–H and O–H groups in total. The van der Waals surface area contributed by atoms with E-state index in [-0.39, 0.29) is 30.3 Å².